The van der Waals surface area contributed by atoms with Crippen LogP contribution in [-0.4, -0.2) is 56.1 Å². The van der Waals surface area contributed by atoms with E-state index in [9.17, 15) is 5.11 Å². The molecular weight excluding hydrogens is 302 g/mol. The minimum atomic E-state index is -0.264. The number of aliphatic hydroxyl groups is 1. The second-order valence-electron chi connectivity index (χ2n) is 5.39. The largest absolute Gasteiger partial charge is 0.497 e. The third-order valence-electron chi connectivity index (χ3n) is 3.77. The molecule has 8 heteroatoms. The molecule has 2 heterocycles. The van der Waals surface area contributed by atoms with Gasteiger partial charge in [-0.1, -0.05) is 0 Å². The fourth-order valence-electron chi connectivity index (χ4n) is 2.60. The summed E-state index contributed by atoms with van der Waals surface area (Å²) in [5, 5.41) is 18.0. The van der Waals surface area contributed by atoms with Gasteiger partial charge in [0.05, 0.1) is 25.6 Å². The standard InChI is InChI=1S/C14H19N5O2S/c1-21-13-6-4-11(5-7-13)19-14(22)18(15-16-19)10-17-8-2-3-12(20)9-17/h4-7,12,20H,2-3,8-10H2,1H3/t12-/m1/s1. The van der Waals surface area contributed by atoms with E-state index in [0.717, 1.165) is 30.8 Å². The van der Waals surface area contributed by atoms with Crippen molar-refractivity contribution < 1.29 is 9.84 Å². The second kappa shape index (κ2) is 6.55. The van der Waals surface area contributed by atoms with Gasteiger partial charge in [-0.05, 0) is 59.8 Å². The number of rotatable bonds is 4. The highest BCUT2D eigenvalue weighted by Gasteiger charge is 2.18. The number of hydrogen-bond donors (Lipinski definition) is 1. The predicted octanol–water partition coefficient (Wildman–Crippen LogP) is 1.22. The molecule has 1 atom stereocenters. The maximum Gasteiger partial charge on any atom is 0.221 e. The van der Waals surface area contributed by atoms with Crippen LogP contribution in [0.1, 0.15) is 12.8 Å². The van der Waals surface area contributed by atoms with Crippen molar-refractivity contribution in [1.82, 2.24) is 24.7 Å². The maximum atomic E-state index is 9.73. The maximum absolute atomic E-state index is 9.73. The molecule has 118 valence electrons. The summed E-state index contributed by atoms with van der Waals surface area (Å²) in [7, 11) is 1.63. The van der Waals surface area contributed by atoms with Crippen molar-refractivity contribution >= 4 is 12.2 Å². The van der Waals surface area contributed by atoms with Gasteiger partial charge in [-0.15, -0.1) is 0 Å². The first-order valence-electron chi connectivity index (χ1n) is 7.25. The van der Waals surface area contributed by atoms with Crippen molar-refractivity contribution in [3.05, 3.63) is 29.0 Å². The van der Waals surface area contributed by atoms with Crippen LogP contribution < -0.4 is 4.74 Å². The van der Waals surface area contributed by atoms with Gasteiger partial charge in [-0.25, -0.2) is 4.68 Å². The van der Waals surface area contributed by atoms with Crippen LogP contribution in [0.25, 0.3) is 5.69 Å². The number of piperidine rings is 1. The third-order valence-corrected chi connectivity index (χ3v) is 4.15. The predicted molar refractivity (Wildman–Crippen MR) is 83.5 cm³/mol. The van der Waals surface area contributed by atoms with Crippen molar-refractivity contribution in [3.63, 3.8) is 0 Å². The summed E-state index contributed by atoms with van der Waals surface area (Å²) in [6.07, 6.45) is 1.58. The first kappa shape index (κ1) is 15.1. The molecule has 0 aliphatic carbocycles. The average molecular weight is 321 g/mol. The number of aromatic nitrogens is 4. The summed E-state index contributed by atoms with van der Waals surface area (Å²) >= 11 is 5.45. The normalized spacial score (nSPS) is 19.3. The highest BCUT2D eigenvalue weighted by molar-refractivity contribution is 7.71. The van der Waals surface area contributed by atoms with Crippen LogP contribution in [0.5, 0.6) is 5.75 Å². The Hall–Kier alpha value is -1.77. The molecule has 22 heavy (non-hydrogen) atoms. The van der Waals surface area contributed by atoms with E-state index >= 15 is 0 Å². The Morgan fingerprint density at radius 3 is 2.77 bits per heavy atom. The molecule has 0 unspecified atom stereocenters. The molecule has 1 fully saturated rings. The topological polar surface area (TPSA) is 68.3 Å². The first-order valence-corrected chi connectivity index (χ1v) is 7.66. The van der Waals surface area contributed by atoms with Gasteiger partial charge in [0.2, 0.25) is 4.77 Å². The van der Waals surface area contributed by atoms with Gasteiger partial charge < -0.3 is 9.84 Å². The van der Waals surface area contributed by atoms with Crippen LogP contribution in [0.15, 0.2) is 24.3 Å². The number of β-amino-alcohol motifs (C(OH)–C–C–N with tert-alkyl or cyclic N) is 1. The minimum Gasteiger partial charge on any atom is -0.497 e. The monoisotopic (exact) mass is 321 g/mol. The lowest BCUT2D eigenvalue weighted by molar-refractivity contribution is 0.0509. The molecule has 2 aromatic rings. The lowest BCUT2D eigenvalue weighted by atomic mass is 10.1. The molecule has 7 nitrogen and oxygen atoms in total. The van der Waals surface area contributed by atoms with Crippen molar-refractivity contribution in [2.24, 2.45) is 0 Å². The van der Waals surface area contributed by atoms with Gasteiger partial charge in [0.25, 0.3) is 0 Å². The van der Waals surface area contributed by atoms with Crippen molar-refractivity contribution in [3.8, 4) is 11.4 Å². The second-order valence-corrected chi connectivity index (χ2v) is 5.75. The quantitative estimate of drug-likeness (QED) is 0.854. The van der Waals surface area contributed by atoms with E-state index in [1.807, 2.05) is 24.3 Å². The zero-order valence-corrected chi connectivity index (χ0v) is 13.2. The lowest BCUT2D eigenvalue weighted by Crippen LogP contribution is -2.39. The van der Waals surface area contributed by atoms with Gasteiger partial charge in [0.1, 0.15) is 5.75 Å². The van der Waals surface area contributed by atoms with Gasteiger partial charge in [-0.2, -0.15) is 4.68 Å². The fraction of sp³-hybridized carbons (Fsp3) is 0.500. The van der Waals surface area contributed by atoms with E-state index in [0.29, 0.717) is 18.0 Å². The number of methoxy groups -OCH3 is 1. The fourth-order valence-corrected chi connectivity index (χ4v) is 2.83. The molecular formula is C14H19N5O2S. The van der Waals surface area contributed by atoms with Crippen LogP contribution >= 0.6 is 12.2 Å². The van der Waals surface area contributed by atoms with E-state index in [-0.39, 0.29) is 6.10 Å². The van der Waals surface area contributed by atoms with Gasteiger partial charge in [0.15, 0.2) is 0 Å². The van der Waals surface area contributed by atoms with Crippen molar-refractivity contribution in [2.75, 3.05) is 20.2 Å². The molecule has 1 saturated heterocycles. The van der Waals surface area contributed by atoms with E-state index in [4.69, 9.17) is 17.0 Å². The zero-order chi connectivity index (χ0) is 15.5. The number of nitrogens with zero attached hydrogens (tertiary/aromatic N) is 5. The lowest BCUT2D eigenvalue weighted by Gasteiger charge is -2.29. The Balaban J connectivity index is 1.77. The molecule has 1 aliphatic rings. The highest BCUT2D eigenvalue weighted by Crippen LogP contribution is 2.15. The average Bonchev–Trinajstić information content (AvgIpc) is 2.89. The highest BCUT2D eigenvalue weighted by atomic mass is 32.1. The van der Waals surface area contributed by atoms with E-state index in [1.54, 1.807) is 16.5 Å². The number of tetrazole rings is 1. The smallest absolute Gasteiger partial charge is 0.221 e. The Kier molecular flexibility index (Phi) is 4.51. The Morgan fingerprint density at radius 1 is 1.32 bits per heavy atom. The SMILES string of the molecule is COc1ccc(-n2nnn(CN3CCC[C@@H](O)C3)c2=S)cc1. The van der Waals surface area contributed by atoms with Gasteiger partial charge in [-0.3, -0.25) is 4.90 Å². The first-order chi connectivity index (χ1) is 10.7. The van der Waals surface area contributed by atoms with Crippen molar-refractivity contribution in [1.29, 1.82) is 0 Å². The summed E-state index contributed by atoms with van der Waals surface area (Å²) in [6, 6.07) is 7.49. The third kappa shape index (κ3) is 3.18. The summed E-state index contributed by atoms with van der Waals surface area (Å²) in [5.74, 6) is 0.782. The van der Waals surface area contributed by atoms with Crippen LogP contribution in [0, 0.1) is 4.77 Å². The van der Waals surface area contributed by atoms with Gasteiger partial charge in [0, 0.05) is 13.1 Å². The Bertz CT molecular complexity index is 681. The molecule has 0 bridgehead atoms. The number of likely N-dealkylation sites (tertiary alicyclic amines) is 1. The van der Waals surface area contributed by atoms with Crippen LogP contribution in [0.4, 0.5) is 0 Å². The minimum absolute atomic E-state index is 0.264. The summed E-state index contributed by atoms with van der Waals surface area (Å²) in [4.78, 5) is 2.14. The Labute approximate surface area is 133 Å². The van der Waals surface area contributed by atoms with Gasteiger partial charge >= 0.3 is 0 Å². The van der Waals surface area contributed by atoms with Crippen molar-refractivity contribution in [2.45, 2.75) is 25.6 Å². The number of benzene rings is 1. The zero-order valence-electron chi connectivity index (χ0n) is 12.4. The molecule has 3 rings (SSSR count). The number of ether oxygens (including phenoxy) is 1. The van der Waals surface area contributed by atoms with Crippen LogP contribution in [-0.2, 0) is 6.67 Å². The summed E-state index contributed by atoms with van der Waals surface area (Å²) in [5.41, 5.74) is 0.843. The van der Waals surface area contributed by atoms with Crippen LogP contribution in [0.2, 0.25) is 0 Å². The van der Waals surface area contributed by atoms with E-state index in [1.165, 1.54) is 0 Å². The number of aliphatic hydroxyl groups excluding tert-OH is 1. The molecule has 1 aromatic carbocycles. The summed E-state index contributed by atoms with van der Waals surface area (Å²) < 4.78 is 8.98. The summed E-state index contributed by atoms with van der Waals surface area (Å²) in [6.45, 7) is 2.14. The molecule has 0 saturated carbocycles. The van der Waals surface area contributed by atoms with E-state index in [2.05, 4.69) is 15.3 Å². The molecule has 0 radical (unpaired) electrons. The van der Waals surface area contributed by atoms with E-state index < -0.39 is 0 Å². The molecule has 0 amide bonds. The molecule has 1 N–H and O–H groups in total. The molecule has 1 aliphatic heterocycles. The Morgan fingerprint density at radius 2 is 2.09 bits per heavy atom. The molecule has 1 aromatic heterocycles. The van der Waals surface area contributed by atoms with Crippen LogP contribution in [0.3, 0.4) is 0 Å². The number of hydrogen-bond acceptors (Lipinski definition) is 6. The molecule has 0 spiro atoms.